The topological polar surface area (TPSA) is 85.0 Å². The summed E-state index contributed by atoms with van der Waals surface area (Å²) in [6.07, 6.45) is 6.80. The molecule has 3 N–H and O–H groups in total. The monoisotopic (exact) mass is 507 g/mol. The molecule has 1 aliphatic rings. The van der Waals surface area contributed by atoms with Gasteiger partial charge in [-0.25, -0.2) is 4.98 Å². The molecule has 1 saturated heterocycles. The summed E-state index contributed by atoms with van der Waals surface area (Å²) in [5, 5.41) is 11.8. The van der Waals surface area contributed by atoms with Crippen molar-refractivity contribution in [1.82, 2.24) is 30.4 Å². The van der Waals surface area contributed by atoms with Crippen molar-refractivity contribution in [2.75, 3.05) is 26.2 Å². The van der Waals surface area contributed by atoms with E-state index in [-0.39, 0.29) is 24.0 Å². The van der Waals surface area contributed by atoms with Crippen LogP contribution in [0.5, 0.6) is 0 Å². The summed E-state index contributed by atoms with van der Waals surface area (Å²) in [5.41, 5.74) is 3.86. The third kappa shape index (κ3) is 4.91. The number of hydrogen-bond donors (Lipinski definition) is 3. The first-order chi connectivity index (χ1) is 13.8. The lowest BCUT2D eigenvalue weighted by molar-refractivity contribution is 0.299. The van der Waals surface area contributed by atoms with Crippen LogP contribution in [0.4, 0.5) is 0 Å². The molecule has 3 aromatic rings. The number of para-hydroxylation sites is 1. The van der Waals surface area contributed by atoms with Crippen molar-refractivity contribution in [3.05, 3.63) is 47.7 Å². The first kappa shape index (κ1) is 21.6. The van der Waals surface area contributed by atoms with Gasteiger partial charge in [0.15, 0.2) is 5.96 Å². The quantitative estimate of drug-likeness (QED) is 0.280. The van der Waals surface area contributed by atoms with Crippen LogP contribution in [0.1, 0.15) is 42.6 Å². The van der Waals surface area contributed by atoms with Crippen LogP contribution in [0.15, 0.2) is 35.7 Å². The number of aryl methyl sites for hydroxylation is 1. The molecule has 0 saturated carbocycles. The molecule has 0 radical (unpaired) electrons. The molecule has 7 nitrogen and oxygen atoms in total. The average Bonchev–Trinajstić information content (AvgIpc) is 3.39. The predicted octanol–water partition coefficient (Wildman–Crippen LogP) is 3.60. The summed E-state index contributed by atoms with van der Waals surface area (Å²) in [4.78, 5) is 15.0. The lowest BCUT2D eigenvalue weighted by atomic mass is 9.96. The molecule has 1 fully saturated rings. The molecule has 2 aromatic heterocycles. The number of halogens is 1. The van der Waals surface area contributed by atoms with Gasteiger partial charge in [0.25, 0.3) is 0 Å². The van der Waals surface area contributed by atoms with Crippen LogP contribution in [0.25, 0.3) is 10.9 Å². The van der Waals surface area contributed by atoms with Crippen LogP contribution < -0.4 is 5.32 Å². The number of fused-ring (bicyclic) bond motifs is 1. The van der Waals surface area contributed by atoms with Gasteiger partial charge in [0.1, 0.15) is 12.2 Å². The Morgan fingerprint density at radius 1 is 1.31 bits per heavy atom. The second-order valence-corrected chi connectivity index (χ2v) is 7.43. The van der Waals surface area contributed by atoms with Gasteiger partial charge in [0.2, 0.25) is 0 Å². The lowest BCUT2D eigenvalue weighted by Gasteiger charge is -2.33. The normalized spacial score (nSPS) is 15.5. The van der Waals surface area contributed by atoms with Crippen molar-refractivity contribution in [3.63, 3.8) is 0 Å². The summed E-state index contributed by atoms with van der Waals surface area (Å²) in [6.45, 7) is 7.91. The highest BCUT2D eigenvalue weighted by Crippen LogP contribution is 2.25. The Morgan fingerprint density at radius 2 is 2.14 bits per heavy atom. The van der Waals surface area contributed by atoms with Crippen molar-refractivity contribution < 1.29 is 0 Å². The molecule has 4 rings (SSSR count). The molecule has 29 heavy (non-hydrogen) atoms. The number of H-pyrrole nitrogens is 2. The van der Waals surface area contributed by atoms with Crippen molar-refractivity contribution in [1.29, 1.82) is 0 Å². The van der Waals surface area contributed by atoms with E-state index in [1.165, 1.54) is 22.0 Å². The molecule has 1 aromatic carbocycles. The predicted molar refractivity (Wildman–Crippen MR) is 128 cm³/mol. The molecule has 0 bridgehead atoms. The molecule has 0 aliphatic carbocycles. The van der Waals surface area contributed by atoms with Crippen LogP contribution >= 0.6 is 24.0 Å². The highest BCUT2D eigenvalue weighted by atomic mass is 127. The third-order valence-electron chi connectivity index (χ3n) is 5.60. The van der Waals surface area contributed by atoms with Crippen LogP contribution in [-0.4, -0.2) is 57.2 Å². The summed E-state index contributed by atoms with van der Waals surface area (Å²) in [6, 6.07) is 6.46. The number of likely N-dealkylation sites (tertiary alicyclic amines) is 1. The van der Waals surface area contributed by atoms with Crippen molar-refractivity contribution in [3.8, 4) is 0 Å². The van der Waals surface area contributed by atoms with Crippen molar-refractivity contribution >= 4 is 40.8 Å². The van der Waals surface area contributed by atoms with Gasteiger partial charge in [-0.15, -0.1) is 24.0 Å². The maximum absolute atomic E-state index is 4.91. The highest BCUT2D eigenvalue weighted by molar-refractivity contribution is 14.0. The van der Waals surface area contributed by atoms with Gasteiger partial charge < -0.3 is 15.2 Å². The van der Waals surface area contributed by atoms with Gasteiger partial charge in [-0.3, -0.25) is 10.1 Å². The summed E-state index contributed by atoms with van der Waals surface area (Å²) < 4.78 is 0. The molecule has 8 heteroatoms. The Bertz CT molecular complexity index is 924. The van der Waals surface area contributed by atoms with Gasteiger partial charge in [0, 0.05) is 49.2 Å². The van der Waals surface area contributed by atoms with Gasteiger partial charge in [-0.05, 0) is 44.2 Å². The Hall–Kier alpha value is -2.10. The Kier molecular flexibility index (Phi) is 7.51. The molecular weight excluding hydrogens is 477 g/mol. The zero-order chi connectivity index (χ0) is 19.3. The van der Waals surface area contributed by atoms with Crippen molar-refractivity contribution in [2.24, 2.45) is 4.99 Å². The number of hydrogen-bond acceptors (Lipinski definition) is 3. The van der Waals surface area contributed by atoms with E-state index < -0.39 is 0 Å². The molecule has 0 atom stereocenters. The van der Waals surface area contributed by atoms with Gasteiger partial charge in [0.05, 0.1) is 0 Å². The first-order valence-corrected chi connectivity index (χ1v) is 10.2. The second-order valence-electron chi connectivity index (χ2n) is 7.43. The number of rotatable bonds is 5. The summed E-state index contributed by atoms with van der Waals surface area (Å²) in [7, 11) is 0. The first-order valence-electron chi connectivity index (χ1n) is 10.2. The number of benzene rings is 1. The van der Waals surface area contributed by atoms with Crippen LogP contribution in [0.2, 0.25) is 0 Å². The van der Waals surface area contributed by atoms with E-state index >= 15 is 0 Å². The van der Waals surface area contributed by atoms with E-state index in [1.807, 2.05) is 0 Å². The summed E-state index contributed by atoms with van der Waals surface area (Å²) >= 11 is 0. The van der Waals surface area contributed by atoms with Gasteiger partial charge in [-0.1, -0.05) is 18.2 Å². The number of aromatic amines is 2. The van der Waals surface area contributed by atoms with Crippen LogP contribution in [0, 0.1) is 6.92 Å². The second kappa shape index (κ2) is 10.1. The largest absolute Gasteiger partial charge is 0.361 e. The number of aromatic nitrogens is 4. The zero-order valence-electron chi connectivity index (χ0n) is 17.1. The fourth-order valence-electron chi connectivity index (χ4n) is 4.06. The van der Waals surface area contributed by atoms with Crippen LogP contribution in [-0.2, 0) is 6.42 Å². The van der Waals surface area contributed by atoms with Gasteiger partial charge >= 0.3 is 0 Å². The zero-order valence-corrected chi connectivity index (χ0v) is 19.4. The number of guanidine groups is 1. The van der Waals surface area contributed by atoms with Crippen LogP contribution in [0.3, 0.4) is 0 Å². The maximum atomic E-state index is 4.91. The number of aliphatic imine (C=N–C) groups is 1. The molecule has 1 aliphatic heterocycles. The van der Waals surface area contributed by atoms with Crippen molar-refractivity contribution in [2.45, 2.75) is 39.0 Å². The lowest BCUT2D eigenvalue weighted by Crippen LogP contribution is -2.45. The van der Waals surface area contributed by atoms with E-state index in [0.717, 1.165) is 57.2 Å². The molecule has 0 unspecified atom stereocenters. The number of nitrogens with zero attached hydrogens (tertiary/aromatic N) is 4. The number of nitrogens with one attached hydrogen (secondary N) is 3. The molecule has 0 amide bonds. The molecular formula is C21H30IN7. The smallest absolute Gasteiger partial charge is 0.193 e. The SMILES string of the molecule is CCNC(=NCCc1c[nH]c2c(C)cccc12)N1CCC(c2ncn[nH]2)CC1.I. The van der Waals surface area contributed by atoms with E-state index in [0.29, 0.717) is 5.92 Å². The Morgan fingerprint density at radius 3 is 2.86 bits per heavy atom. The average molecular weight is 507 g/mol. The highest BCUT2D eigenvalue weighted by Gasteiger charge is 2.24. The minimum atomic E-state index is 0. The third-order valence-corrected chi connectivity index (χ3v) is 5.60. The fraction of sp³-hybridized carbons (Fsp3) is 0.476. The standard InChI is InChI=1S/C21H29N7.HI/c1-3-22-21(28-11-8-16(9-12-28)20-25-14-26-27-20)23-10-7-17-13-24-19-15(2)5-4-6-18(17)19;/h4-6,13-14,16,24H,3,7-12H2,1-2H3,(H,22,23)(H,25,26,27);1H. The van der Waals surface area contributed by atoms with E-state index in [9.17, 15) is 0 Å². The minimum Gasteiger partial charge on any atom is -0.361 e. The Labute approximate surface area is 188 Å². The van der Waals surface area contributed by atoms with Gasteiger partial charge in [-0.2, -0.15) is 5.10 Å². The van der Waals surface area contributed by atoms with E-state index in [4.69, 9.17) is 4.99 Å². The fourth-order valence-corrected chi connectivity index (χ4v) is 4.06. The Balaban J connectivity index is 0.00000240. The number of piperidine rings is 1. The molecule has 3 heterocycles. The summed E-state index contributed by atoms with van der Waals surface area (Å²) in [5.74, 6) is 2.50. The molecule has 0 spiro atoms. The maximum Gasteiger partial charge on any atom is 0.193 e. The molecule has 156 valence electrons. The van der Waals surface area contributed by atoms with E-state index in [2.05, 4.69) is 68.6 Å². The van der Waals surface area contributed by atoms with E-state index in [1.54, 1.807) is 6.33 Å². The minimum absolute atomic E-state index is 0.